The minimum atomic E-state index is -3.01. The zero-order valence-electron chi connectivity index (χ0n) is 13.7. The second kappa shape index (κ2) is 6.22. The second-order valence-corrected chi connectivity index (χ2v) is 6.25. The standard InChI is InChI=1S/C17H20F2N4O/c1-12-9-20-23(10-12)13-7-8-22(11-13)16(24)21-15-6-4-3-5-14(15)17(2,18)19/h3-6,9-10,13H,7-8,11H2,1-2H3,(H,21,24)/t13-/m1/s1. The Hall–Kier alpha value is -2.44. The maximum absolute atomic E-state index is 13.7. The van der Waals surface area contributed by atoms with E-state index in [1.165, 1.54) is 18.2 Å². The van der Waals surface area contributed by atoms with E-state index < -0.39 is 5.92 Å². The smallest absolute Gasteiger partial charge is 0.321 e. The number of nitrogens with zero attached hydrogens (tertiary/aromatic N) is 3. The minimum Gasteiger partial charge on any atom is -0.322 e. The highest BCUT2D eigenvalue weighted by Gasteiger charge is 2.31. The van der Waals surface area contributed by atoms with Crippen molar-refractivity contribution in [3.63, 3.8) is 0 Å². The molecule has 2 aromatic rings. The third kappa shape index (κ3) is 3.39. The maximum Gasteiger partial charge on any atom is 0.321 e. The van der Waals surface area contributed by atoms with Crippen LogP contribution in [0, 0.1) is 6.92 Å². The molecule has 1 saturated heterocycles. The SMILES string of the molecule is Cc1cnn([C@@H]2CCN(C(=O)Nc3ccccc3C(C)(F)F)C2)c1. The first-order valence-electron chi connectivity index (χ1n) is 7.88. The van der Waals surface area contributed by atoms with Crippen LogP contribution in [0.2, 0.25) is 0 Å². The first-order chi connectivity index (χ1) is 11.3. The van der Waals surface area contributed by atoms with Crippen LogP contribution in [-0.2, 0) is 5.92 Å². The Kier molecular flexibility index (Phi) is 4.26. The van der Waals surface area contributed by atoms with Crippen LogP contribution < -0.4 is 5.32 Å². The van der Waals surface area contributed by atoms with Crippen molar-refractivity contribution >= 4 is 11.7 Å². The van der Waals surface area contributed by atoms with E-state index in [1.54, 1.807) is 17.2 Å². The van der Waals surface area contributed by atoms with Crippen LogP contribution in [0.15, 0.2) is 36.7 Å². The van der Waals surface area contributed by atoms with Crippen molar-refractivity contribution in [1.82, 2.24) is 14.7 Å². The predicted octanol–water partition coefficient (Wildman–Crippen LogP) is 3.78. The van der Waals surface area contributed by atoms with E-state index >= 15 is 0 Å². The third-order valence-corrected chi connectivity index (χ3v) is 4.20. The summed E-state index contributed by atoms with van der Waals surface area (Å²) >= 11 is 0. The molecular formula is C17H20F2N4O. The van der Waals surface area contributed by atoms with Crippen LogP contribution in [-0.4, -0.2) is 33.8 Å². The fourth-order valence-electron chi connectivity index (χ4n) is 2.94. The van der Waals surface area contributed by atoms with E-state index in [0.29, 0.717) is 13.1 Å². The number of rotatable bonds is 3. The highest BCUT2D eigenvalue weighted by atomic mass is 19.3. The van der Waals surface area contributed by atoms with Crippen LogP contribution >= 0.6 is 0 Å². The molecule has 24 heavy (non-hydrogen) atoms. The number of halogens is 2. The monoisotopic (exact) mass is 334 g/mol. The summed E-state index contributed by atoms with van der Waals surface area (Å²) in [6.07, 6.45) is 4.52. The Morgan fingerprint density at radius 1 is 1.38 bits per heavy atom. The van der Waals surface area contributed by atoms with Gasteiger partial charge >= 0.3 is 6.03 Å². The summed E-state index contributed by atoms with van der Waals surface area (Å²) in [7, 11) is 0. The molecule has 0 unspecified atom stereocenters. The fraction of sp³-hybridized carbons (Fsp3) is 0.412. The summed E-state index contributed by atoms with van der Waals surface area (Å²) in [6.45, 7) is 3.87. The van der Waals surface area contributed by atoms with Crippen molar-refractivity contribution in [2.45, 2.75) is 32.2 Å². The van der Waals surface area contributed by atoms with Gasteiger partial charge in [0, 0.05) is 31.8 Å². The number of urea groups is 1. The number of amides is 2. The molecule has 0 radical (unpaired) electrons. The van der Waals surface area contributed by atoms with E-state index in [9.17, 15) is 13.6 Å². The summed E-state index contributed by atoms with van der Waals surface area (Å²) in [6, 6.07) is 5.74. The predicted molar refractivity (Wildman–Crippen MR) is 87.2 cm³/mol. The molecule has 1 fully saturated rings. The van der Waals surface area contributed by atoms with Gasteiger partial charge in [0.2, 0.25) is 0 Å². The topological polar surface area (TPSA) is 50.2 Å². The number of carbonyl (C=O) groups is 1. The maximum atomic E-state index is 13.7. The Morgan fingerprint density at radius 3 is 2.79 bits per heavy atom. The van der Waals surface area contributed by atoms with Gasteiger partial charge in [0.15, 0.2) is 0 Å². The summed E-state index contributed by atoms with van der Waals surface area (Å²) in [5.41, 5.74) is 1.03. The van der Waals surface area contributed by atoms with Crippen LogP contribution in [0.1, 0.15) is 30.5 Å². The molecule has 1 aliphatic heterocycles. The highest BCUT2D eigenvalue weighted by molar-refractivity contribution is 5.90. The van der Waals surface area contributed by atoms with Crippen molar-refractivity contribution in [3.8, 4) is 0 Å². The number of benzene rings is 1. The van der Waals surface area contributed by atoms with Gasteiger partial charge in [-0.25, -0.2) is 13.6 Å². The fourth-order valence-corrected chi connectivity index (χ4v) is 2.94. The normalized spacial score (nSPS) is 18.0. The van der Waals surface area contributed by atoms with Crippen molar-refractivity contribution in [2.75, 3.05) is 18.4 Å². The lowest BCUT2D eigenvalue weighted by Crippen LogP contribution is -2.34. The number of para-hydroxylation sites is 1. The van der Waals surface area contributed by atoms with Crippen LogP contribution in [0.3, 0.4) is 0 Å². The van der Waals surface area contributed by atoms with Crippen molar-refractivity contribution in [1.29, 1.82) is 0 Å². The lowest BCUT2D eigenvalue weighted by Gasteiger charge is -2.20. The first kappa shape index (κ1) is 16.4. The van der Waals surface area contributed by atoms with Gasteiger partial charge in [-0.2, -0.15) is 5.10 Å². The Balaban J connectivity index is 1.69. The van der Waals surface area contributed by atoms with Crippen molar-refractivity contribution in [2.24, 2.45) is 0 Å². The van der Waals surface area contributed by atoms with E-state index in [-0.39, 0.29) is 23.3 Å². The minimum absolute atomic E-state index is 0.118. The number of aromatic nitrogens is 2. The van der Waals surface area contributed by atoms with Gasteiger partial charge in [0.05, 0.1) is 17.9 Å². The Labute approximate surface area is 139 Å². The lowest BCUT2D eigenvalue weighted by atomic mass is 10.1. The molecule has 2 heterocycles. The van der Waals surface area contributed by atoms with Crippen molar-refractivity contribution in [3.05, 3.63) is 47.8 Å². The summed E-state index contributed by atoms with van der Waals surface area (Å²) < 4.78 is 29.2. The van der Waals surface area contributed by atoms with E-state index in [4.69, 9.17) is 0 Å². The molecule has 128 valence electrons. The molecule has 5 nitrogen and oxygen atoms in total. The molecule has 1 aromatic heterocycles. The van der Waals surface area contributed by atoms with Gasteiger partial charge in [-0.3, -0.25) is 4.68 Å². The molecule has 1 N–H and O–H groups in total. The van der Waals surface area contributed by atoms with Crippen LogP contribution in [0.25, 0.3) is 0 Å². The average Bonchev–Trinajstić information content (AvgIpc) is 3.15. The third-order valence-electron chi connectivity index (χ3n) is 4.20. The van der Waals surface area contributed by atoms with Gasteiger partial charge in [-0.1, -0.05) is 18.2 Å². The van der Waals surface area contributed by atoms with Gasteiger partial charge in [0.25, 0.3) is 5.92 Å². The zero-order valence-corrected chi connectivity index (χ0v) is 13.7. The number of anilines is 1. The molecule has 7 heteroatoms. The molecule has 3 rings (SSSR count). The molecule has 2 amide bonds. The van der Waals surface area contributed by atoms with E-state index in [1.807, 2.05) is 17.8 Å². The van der Waals surface area contributed by atoms with Gasteiger partial charge in [-0.15, -0.1) is 0 Å². The second-order valence-electron chi connectivity index (χ2n) is 6.25. The number of hydrogen-bond donors (Lipinski definition) is 1. The molecular weight excluding hydrogens is 314 g/mol. The van der Waals surface area contributed by atoms with Gasteiger partial charge in [-0.05, 0) is 25.0 Å². The number of hydrogen-bond acceptors (Lipinski definition) is 2. The molecule has 0 saturated carbocycles. The van der Waals surface area contributed by atoms with E-state index in [0.717, 1.165) is 18.9 Å². The highest BCUT2D eigenvalue weighted by Crippen LogP contribution is 2.33. The molecule has 1 aliphatic rings. The quantitative estimate of drug-likeness (QED) is 0.928. The van der Waals surface area contributed by atoms with Gasteiger partial charge < -0.3 is 10.2 Å². The molecule has 0 spiro atoms. The Bertz CT molecular complexity index is 738. The largest absolute Gasteiger partial charge is 0.322 e. The van der Waals surface area contributed by atoms with E-state index in [2.05, 4.69) is 10.4 Å². The summed E-state index contributed by atoms with van der Waals surface area (Å²) in [5, 5.41) is 6.89. The van der Waals surface area contributed by atoms with Crippen LogP contribution in [0.5, 0.6) is 0 Å². The average molecular weight is 334 g/mol. The number of likely N-dealkylation sites (tertiary alicyclic amines) is 1. The first-order valence-corrected chi connectivity index (χ1v) is 7.88. The number of alkyl halides is 2. The number of carbonyl (C=O) groups excluding carboxylic acids is 1. The molecule has 0 aliphatic carbocycles. The number of nitrogens with one attached hydrogen (secondary N) is 1. The number of aryl methyl sites for hydroxylation is 1. The van der Waals surface area contributed by atoms with Crippen molar-refractivity contribution < 1.29 is 13.6 Å². The molecule has 0 bridgehead atoms. The molecule has 1 atom stereocenters. The Morgan fingerprint density at radius 2 is 2.12 bits per heavy atom. The van der Waals surface area contributed by atoms with Gasteiger partial charge in [0.1, 0.15) is 0 Å². The summed E-state index contributed by atoms with van der Waals surface area (Å²) in [4.78, 5) is 14.0. The zero-order chi connectivity index (χ0) is 17.3. The lowest BCUT2D eigenvalue weighted by molar-refractivity contribution is 0.0182. The summed E-state index contributed by atoms with van der Waals surface area (Å²) in [5.74, 6) is -3.01. The molecule has 1 aromatic carbocycles. The van der Waals surface area contributed by atoms with Crippen LogP contribution in [0.4, 0.5) is 19.3 Å².